The Morgan fingerprint density at radius 3 is 2.57 bits per heavy atom. The van der Waals surface area contributed by atoms with E-state index >= 15 is 0 Å². The molecule has 0 spiro atoms. The molecule has 1 amide bonds. The van der Waals surface area contributed by atoms with Crippen molar-refractivity contribution >= 4 is 29.1 Å². The highest BCUT2D eigenvalue weighted by molar-refractivity contribution is 6.36. The molecule has 0 aromatic heterocycles. The molecule has 0 atom stereocenters. The summed E-state index contributed by atoms with van der Waals surface area (Å²) >= 11 is 12.2. The van der Waals surface area contributed by atoms with Crippen molar-refractivity contribution in [3.63, 3.8) is 0 Å². The van der Waals surface area contributed by atoms with Crippen molar-refractivity contribution in [3.8, 4) is 0 Å². The molecule has 0 saturated heterocycles. The van der Waals surface area contributed by atoms with Crippen LogP contribution in [-0.4, -0.2) is 12.5 Å². The lowest BCUT2D eigenvalue weighted by Gasteiger charge is -2.13. The van der Waals surface area contributed by atoms with Crippen LogP contribution in [0, 0.1) is 0 Å². The van der Waals surface area contributed by atoms with Crippen molar-refractivity contribution in [2.24, 2.45) is 0 Å². The fraction of sp³-hybridized carbons (Fsp3) is 0.471. The first-order valence-corrected chi connectivity index (χ1v) is 8.30. The van der Waals surface area contributed by atoms with E-state index in [1.807, 2.05) is 6.07 Å². The van der Waals surface area contributed by atoms with Gasteiger partial charge in [-0.25, -0.2) is 0 Å². The monoisotopic (exact) mass is 325 g/mol. The minimum absolute atomic E-state index is 0.0578. The van der Waals surface area contributed by atoms with E-state index in [1.54, 1.807) is 12.1 Å². The Morgan fingerprint density at radius 1 is 1.14 bits per heavy atom. The normalized spacial score (nSPS) is 14.7. The molecule has 1 aliphatic carbocycles. The molecule has 1 aliphatic rings. The summed E-state index contributed by atoms with van der Waals surface area (Å²) in [6.45, 7) is 0.723. The molecule has 21 heavy (non-hydrogen) atoms. The SMILES string of the molecule is O=C(CCc1c(Cl)cccc1Cl)NCCC1=CCCCC1. The number of nitrogens with one attached hydrogen (secondary N) is 1. The zero-order chi connectivity index (χ0) is 15.1. The average molecular weight is 326 g/mol. The van der Waals surface area contributed by atoms with Gasteiger partial charge >= 0.3 is 0 Å². The molecule has 114 valence electrons. The molecule has 0 aliphatic heterocycles. The zero-order valence-corrected chi connectivity index (χ0v) is 13.6. The lowest BCUT2D eigenvalue weighted by Crippen LogP contribution is -2.25. The molecular weight excluding hydrogens is 305 g/mol. The lowest BCUT2D eigenvalue weighted by atomic mass is 9.97. The van der Waals surface area contributed by atoms with Crippen LogP contribution in [0.4, 0.5) is 0 Å². The predicted octanol–water partition coefficient (Wildman–Crippen LogP) is 4.93. The number of carbonyl (C=O) groups is 1. The van der Waals surface area contributed by atoms with Crippen LogP contribution in [0.25, 0.3) is 0 Å². The Morgan fingerprint density at radius 2 is 1.90 bits per heavy atom. The highest BCUT2D eigenvalue weighted by Gasteiger charge is 2.09. The van der Waals surface area contributed by atoms with Crippen LogP contribution >= 0.6 is 23.2 Å². The Labute approximate surface area is 136 Å². The van der Waals surface area contributed by atoms with E-state index in [0.717, 1.165) is 18.5 Å². The van der Waals surface area contributed by atoms with E-state index in [1.165, 1.54) is 31.3 Å². The van der Waals surface area contributed by atoms with Crippen molar-refractivity contribution < 1.29 is 4.79 Å². The fourth-order valence-electron chi connectivity index (χ4n) is 2.59. The number of allylic oxidation sites excluding steroid dienone is 1. The number of rotatable bonds is 6. The minimum atomic E-state index is 0.0578. The molecule has 0 saturated carbocycles. The first-order chi connectivity index (χ1) is 10.2. The van der Waals surface area contributed by atoms with Crippen LogP contribution in [0.1, 0.15) is 44.1 Å². The van der Waals surface area contributed by atoms with Gasteiger partial charge in [0.15, 0.2) is 0 Å². The standard InChI is InChI=1S/C17H21Cl2NO/c18-15-7-4-8-16(19)14(15)9-10-17(21)20-12-11-13-5-2-1-3-6-13/h4-5,7-8H,1-3,6,9-12H2,(H,20,21). The number of hydrogen-bond donors (Lipinski definition) is 1. The average Bonchev–Trinajstić information content (AvgIpc) is 2.48. The van der Waals surface area contributed by atoms with E-state index < -0.39 is 0 Å². The third-order valence-electron chi connectivity index (χ3n) is 3.82. The maximum absolute atomic E-state index is 11.9. The Balaban J connectivity index is 1.71. The molecule has 1 aromatic carbocycles. The summed E-state index contributed by atoms with van der Waals surface area (Å²) in [6.07, 6.45) is 9.24. The molecule has 0 fully saturated rings. The van der Waals surface area contributed by atoms with Gasteiger partial charge in [0, 0.05) is 23.0 Å². The molecule has 4 heteroatoms. The van der Waals surface area contributed by atoms with Gasteiger partial charge in [0.1, 0.15) is 0 Å². The van der Waals surface area contributed by atoms with E-state index in [9.17, 15) is 4.79 Å². The maximum atomic E-state index is 11.9. The maximum Gasteiger partial charge on any atom is 0.220 e. The van der Waals surface area contributed by atoms with Gasteiger partial charge in [0.05, 0.1) is 0 Å². The predicted molar refractivity (Wildman–Crippen MR) is 89.0 cm³/mol. The molecule has 0 unspecified atom stereocenters. The van der Waals surface area contributed by atoms with Crippen LogP contribution in [0.5, 0.6) is 0 Å². The van der Waals surface area contributed by atoms with E-state index in [4.69, 9.17) is 23.2 Å². The summed E-state index contributed by atoms with van der Waals surface area (Å²) in [4.78, 5) is 11.9. The summed E-state index contributed by atoms with van der Waals surface area (Å²) in [7, 11) is 0. The number of halogens is 2. The largest absolute Gasteiger partial charge is 0.356 e. The van der Waals surface area contributed by atoms with Crippen LogP contribution in [-0.2, 0) is 11.2 Å². The number of amides is 1. The second kappa shape index (κ2) is 8.45. The molecule has 0 bridgehead atoms. The molecular formula is C17H21Cl2NO. The highest BCUT2D eigenvalue weighted by Crippen LogP contribution is 2.25. The Hall–Kier alpha value is -0.990. The molecule has 2 nitrogen and oxygen atoms in total. The van der Waals surface area contributed by atoms with Gasteiger partial charge in [-0.1, -0.05) is 40.9 Å². The van der Waals surface area contributed by atoms with Crippen molar-refractivity contribution in [1.82, 2.24) is 5.32 Å². The summed E-state index contributed by atoms with van der Waals surface area (Å²) < 4.78 is 0. The molecule has 0 heterocycles. The first kappa shape index (κ1) is 16.4. The van der Waals surface area contributed by atoms with Crippen molar-refractivity contribution in [3.05, 3.63) is 45.5 Å². The summed E-state index contributed by atoms with van der Waals surface area (Å²) in [5, 5.41) is 4.23. The first-order valence-electron chi connectivity index (χ1n) is 7.54. The molecule has 0 radical (unpaired) electrons. The number of hydrogen-bond acceptors (Lipinski definition) is 1. The Bertz CT molecular complexity index is 505. The third kappa shape index (κ3) is 5.37. The smallest absolute Gasteiger partial charge is 0.220 e. The fourth-order valence-corrected chi connectivity index (χ4v) is 3.18. The van der Waals surface area contributed by atoms with E-state index in [0.29, 0.717) is 22.9 Å². The van der Waals surface area contributed by atoms with Gasteiger partial charge < -0.3 is 5.32 Å². The van der Waals surface area contributed by atoms with Gasteiger partial charge in [0.2, 0.25) is 5.91 Å². The van der Waals surface area contributed by atoms with Crippen LogP contribution in [0.2, 0.25) is 10.0 Å². The third-order valence-corrected chi connectivity index (χ3v) is 4.53. The van der Waals surface area contributed by atoms with Crippen molar-refractivity contribution in [1.29, 1.82) is 0 Å². The van der Waals surface area contributed by atoms with Gasteiger partial charge in [-0.3, -0.25) is 4.79 Å². The molecule has 2 rings (SSSR count). The van der Waals surface area contributed by atoms with Gasteiger partial charge in [-0.15, -0.1) is 0 Å². The second-order valence-electron chi connectivity index (χ2n) is 5.41. The number of benzene rings is 1. The summed E-state index contributed by atoms with van der Waals surface area (Å²) in [5.74, 6) is 0.0578. The van der Waals surface area contributed by atoms with Gasteiger partial charge in [-0.2, -0.15) is 0 Å². The molecule has 1 aromatic rings. The lowest BCUT2D eigenvalue weighted by molar-refractivity contribution is -0.121. The molecule has 1 N–H and O–H groups in total. The van der Waals surface area contributed by atoms with Crippen LogP contribution in [0.3, 0.4) is 0 Å². The van der Waals surface area contributed by atoms with Crippen molar-refractivity contribution in [2.75, 3.05) is 6.54 Å². The second-order valence-corrected chi connectivity index (χ2v) is 6.22. The quantitative estimate of drug-likeness (QED) is 0.738. The van der Waals surface area contributed by atoms with Crippen LogP contribution in [0.15, 0.2) is 29.8 Å². The number of carbonyl (C=O) groups excluding carboxylic acids is 1. The van der Waals surface area contributed by atoms with Gasteiger partial charge in [0.25, 0.3) is 0 Å². The summed E-state index contributed by atoms with van der Waals surface area (Å²) in [6, 6.07) is 5.42. The zero-order valence-electron chi connectivity index (χ0n) is 12.1. The Kier molecular flexibility index (Phi) is 6.59. The highest BCUT2D eigenvalue weighted by atomic mass is 35.5. The van der Waals surface area contributed by atoms with E-state index in [2.05, 4.69) is 11.4 Å². The summed E-state index contributed by atoms with van der Waals surface area (Å²) in [5.41, 5.74) is 2.33. The van der Waals surface area contributed by atoms with Crippen LogP contribution < -0.4 is 5.32 Å². The van der Waals surface area contributed by atoms with Gasteiger partial charge in [-0.05, 0) is 56.2 Å². The van der Waals surface area contributed by atoms with E-state index in [-0.39, 0.29) is 5.91 Å². The van der Waals surface area contributed by atoms with Crippen molar-refractivity contribution in [2.45, 2.75) is 44.9 Å². The minimum Gasteiger partial charge on any atom is -0.356 e. The topological polar surface area (TPSA) is 29.1 Å².